The van der Waals surface area contributed by atoms with E-state index < -0.39 is 0 Å². The highest BCUT2D eigenvalue weighted by atomic mass is 32.1. The highest BCUT2D eigenvalue weighted by molar-refractivity contribution is 7.09. The van der Waals surface area contributed by atoms with Crippen molar-refractivity contribution in [1.29, 1.82) is 0 Å². The predicted octanol–water partition coefficient (Wildman–Crippen LogP) is 3.32. The molecule has 0 aliphatic carbocycles. The Kier molecular flexibility index (Phi) is 5.11. The minimum Gasteiger partial charge on any atom is -0.377 e. The normalized spacial score (nSPS) is 30.0. The van der Waals surface area contributed by atoms with E-state index in [1.807, 2.05) is 17.4 Å². The number of nitrogens with zero attached hydrogens (tertiary/aromatic N) is 1. The lowest BCUT2D eigenvalue weighted by atomic mass is 9.73. The Morgan fingerprint density at radius 2 is 2.52 bits per heavy atom. The third-order valence-electron chi connectivity index (χ3n) is 4.65. The fraction of sp³-hybridized carbons (Fsp3) is 0.647. The largest absolute Gasteiger partial charge is 0.377 e. The van der Waals surface area contributed by atoms with Crippen LogP contribution in [0.1, 0.15) is 24.1 Å². The molecule has 21 heavy (non-hydrogen) atoms. The van der Waals surface area contributed by atoms with Crippen molar-refractivity contribution in [3.05, 3.63) is 35.0 Å². The first-order valence-corrected chi connectivity index (χ1v) is 8.75. The second kappa shape index (κ2) is 7.05. The van der Waals surface area contributed by atoms with Gasteiger partial charge in [-0.3, -0.25) is 4.90 Å². The standard InChI is InChI=1S/C17H25NO2S/c1-2-9-19-14-17-7-4-10-20-16(17)6-8-18(13-17)12-15-5-3-11-21-15/h2-3,5,11,16H,1,4,6-10,12-14H2/t16-,17-/m1/s1. The summed E-state index contributed by atoms with van der Waals surface area (Å²) in [5.74, 6) is 0. The van der Waals surface area contributed by atoms with E-state index in [2.05, 4.69) is 29.0 Å². The molecule has 3 rings (SSSR count). The molecule has 0 spiro atoms. The van der Waals surface area contributed by atoms with Gasteiger partial charge in [0.1, 0.15) is 0 Å². The van der Waals surface area contributed by atoms with Crippen molar-refractivity contribution < 1.29 is 9.47 Å². The first-order valence-electron chi connectivity index (χ1n) is 7.87. The molecule has 0 bridgehead atoms. The highest BCUT2D eigenvalue weighted by Gasteiger charge is 2.46. The molecule has 1 aromatic heterocycles. The van der Waals surface area contributed by atoms with E-state index in [1.165, 1.54) is 11.3 Å². The van der Waals surface area contributed by atoms with E-state index in [4.69, 9.17) is 9.47 Å². The van der Waals surface area contributed by atoms with E-state index in [0.717, 1.165) is 45.7 Å². The molecule has 0 unspecified atom stereocenters. The summed E-state index contributed by atoms with van der Waals surface area (Å²) in [7, 11) is 0. The Bertz CT molecular complexity index is 448. The molecule has 0 N–H and O–H groups in total. The maximum Gasteiger partial charge on any atom is 0.0677 e. The highest BCUT2D eigenvalue weighted by Crippen LogP contribution is 2.40. The van der Waals surface area contributed by atoms with E-state index >= 15 is 0 Å². The average molecular weight is 307 g/mol. The van der Waals surface area contributed by atoms with Gasteiger partial charge in [-0.05, 0) is 30.7 Å². The molecule has 3 nitrogen and oxygen atoms in total. The van der Waals surface area contributed by atoms with Crippen molar-refractivity contribution in [3.63, 3.8) is 0 Å². The summed E-state index contributed by atoms with van der Waals surface area (Å²) in [6, 6.07) is 4.37. The maximum absolute atomic E-state index is 6.07. The summed E-state index contributed by atoms with van der Waals surface area (Å²) in [6.07, 6.45) is 5.71. The van der Waals surface area contributed by atoms with Crippen LogP contribution in [0, 0.1) is 5.41 Å². The van der Waals surface area contributed by atoms with Gasteiger partial charge >= 0.3 is 0 Å². The van der Waals surface area contributed by atoms with E-state index in [0.29, 0.717) is 12.7 Å². The second-order valence-corrected chi connectivity index (χ2v) is 7.24. The molecular formula is C17H25NO2S. The molecule has 2 aliphatic heterocycles. The molecule has 2 saturated heterocycles. The van der Waals surface area contributed by atoms with Gasteiger partial charge in [0, 0.05) is 36.5 Å². The van der Waals surface area contributed by atoms with Crippen molar-refractivity contribution in [2.45, 2.75) is 31.9 Å². The number of thiophene rings is 1. The fourth-order valence-electron chi connectivity index (χ4n) is 3.70. The molecule has 116 valence electrons. The molecule has 3 heterocycles. The quantitative estimate of drug-likeness (QED) is 0.594. The molecule has 0 radical (unpaired) electrons. The summed E-state index contributed by atoms with van der Waals surface area (Å²) < 4.78 is 11.9. The lowest BCUT2D eigenvalue weighted by Crippen LogP contribution is -2.56. The number of piperidine rings is 1. The van der Waals surface area contributed by atoms with Crippen molar-refractivity contribution in [3.8, 4) is 0 Å². The summed E-state index contributed by atoms with van der Waals surface area (Å²) in [5.41, 5.74) is 0.177. The van der Waals surface area contributed by atoms with Crippen LogP contribution in [-0.2, 0) is 16.0 Å². The summed E-state index contributed by atoms with van der Waals surface area (Å²) in [5, 5.41) is 2.16. The Morgan fingerprint density at radius 1 is 1.57 bits per heavy atom. The molecule has 1 aromatic rings. The minimum atomic E-state index is 0.177. The number of hydrogen-bond donors (Lipinski definition) is 0. The van der Waals surface area contributed by atoms with Crippen LogP contribution >= 0.6 is 11.3 Å². The summed E-state index contributed by atoms with van der Waals surface area (Å²) in [4.78, 5) is 4.03. The minimum absolute atomic E-state index is 0.177. The second-order valence-electron chi connectivity index (χ2n) is 6.21. The van der Waals surface area contributed by atoms with Crippen molar-refractivity contribution in [2.24, 2.45) is 5.41 Å². The number of ether oxygens (including phenoxy) is 2. The van der Waals surface area contributed by atoms with Crippen LogP contribution in [0.25, 0.3) is 0 Å². The Balaban J connectivity index is 1.66. The number of rotatable bonds is 6. The van der Waals surface area contributed by atoms with Crippen LogP contribution in [0.3, 0.4) is 0 Å². The number of fused-ring (bicyclic) bond motifs is 1. The fourth-order valence-corrected chi connectivity index (χ4v) is 4.44. The lowest BCUT2D eigenvalue weighted by molar-refractivity contribution is -0.151. The molecule has 0 amide bonds. The third-order valence-corrected chi connectivity index (χ3v) is 5.51. The predicted molar refractivity (Wildman–Crippen MR) is 86.6 cm³/mol. The first-order chi connectivity index (χ1) is 10.3. The van der Waals surface area contributed by atoms with Crippen LogP contribution < -0.4 is 0 Å². The third kappa shape index (κ3) is 3.57. The van der Waals surface area contributed by atoms with Gasteiger partial charge in [0.15, 0.2) is 0 Å². The Hall–Kier alpha value is -0.680. The average Bonchev–Trinajstić information content (AvgIpc) is 3.00. The van der Waals surface area contributed by atoms with Gasteiger partial charge in [0.25, 0.3) is 0 Å². The zero-order valence-electron chi connectivity index (χ0n) is 12.6. The van der Waals surface area contributed by atoms with Crippen LogP contribution in [0.4, 0.5) is 0 Å². The Morgan fingerprint density at radius 3 is 3.33 bits per heavy atom. The van der Waals surface area contributed by atoms with Gasteiger partial charge < -0.3 is 9.47 Å². The van der Waals surface area contributed by atoms with Crippen LogP contribution in [0.15, 0.2) is 30.2 Å². The van der Waals surface area contributed by atoms with Gasteiger partial charge in [0.05, 0.1) is 19.3 Å². The van der Waals surface area contributed by atoms with Crippen molar-refractivity contribution in [2.75, 3.05) is 32.9 Å². The van der Waals surface area contributed by atoms with E-state index in [-0.39, 0.29) is 5.41 Å². The Labute approximate surface area is 131 Å². The number of hydrogen-bond acceptors (Lipinski definition) is 4. The smallest absolute Gasteiger partial charge is 0.0677 e. The van der Waals surface area contributed by atoms with Gasteiger partial charge in [-0.25, -0.2) is 0 Å². The van der Waals surface area contributed by atoms with Crippen molar-refractivity contribution >= 4 is 11.3 Å². The molecule has 0 aromatic carbocycles. The van der Waals surface area contributed by atoms with Gasteiger partial charge in [0.2, 0.25) is 0 Å². The van der Waals surface area contributed by atoms with Crippen LogP contribution in [0.5, 0.6) is 0 Å². The first kappa shape index (κ1) is 15.2. The monoisotopic (exact) mass is 307 g/mol. The molecule has 2 fully saturated rings. The zero-order valence-corrected chi connectivity index (χ0v) is 13.4. The molecule has 2 aliphatic rings. The topological polar surface area (TPSA) is 21.7 Å². The van der Waals surface area contributed by atoms with Gasteiger partial charge in [-0.1, -0.05) is 12.1 Å². The molecule has 0 saturated carbocycles. The maximum atomic E-state index is 6.07. The van der Waals surface area contributed by atoms with E-state index in [9.17, 15) is 0 Å². The lowest BCUT2D eigenvalue weighted by Gasteiger charge is -2.50. The molecular weight excluding hydrogens is 282 g/mol. The van der Waals surface area contributed by atoms with E-state index in [1.54, 1.807) is 0 Å². The SMILES string of the molecule is C=CCOC[C@]12CCCO[C@@H]1CCN(Cc1cccs1)C2. The van der Waals surface area contributed by atoms with Crippen molar-refractivity contribution in [1.82, 2.24) is 4.90 Å². The van der Waals surface area contributed by atoms with Crippen LogP contribution in [0.2, 0.25) is 0 Å². The zero-order chi connectivity index (χ0) is 14.5. The molecule has 4 heteroatoms. The summed E-state index contributed by atoms with van der Waals surface area (Å²) >= 11 is 1.85. The van der Waals surface area contributed by atoms with Gasteiger partial charge in [-0.15, -0.1) is 17.9 Å². The van der Waals surface area contributed by atoms with Gasteiger partial charge in [-0.2, -0.15) is 0 Å². The van der Waals surface area contributed by atoms with Crippen LogP contribution in [-0.4, -0.2) is 43.9 Å². The number of likely N-dealkylation sites (tertiary alicyclic amines) is 1. The molecule has 2 atom stereocenters. The summed E-state index contributed by atoms with van der Waals surface area (Å²) in [6.45, 7) is 9.38.